The van der Waals surface area contributed by atoms with E-state index in [1.165, 1.54) is 6.26 Å². The third-order valence-corrected chi connectivity index (χ3v) is 5.18. The number of nitrogens with one attached hydrogen (secondary N) is 1. The first-order valence-electron chi connectivity index (χ1n) is 9.76. The highest BCUT2D eigenvalue weighted by Crippen LogP contribution is 2.32. The molecule has 2 amide bonds. The number of amides is 2. The predicted molar refractivity (Wildman–Crippen MR) is 100 cm³/mol. The van der Waals surface area contributed by atoms with Crippen LogP contribution in [-0.4, -0.2) is 33.8 Å². The van der Waals surface area contributed by atoms with Crippen LogP contribution in [0.5, 0.6) is 0 Å². The van der Waals surface area contributed by atoms with Crippen LogP contribution in [0.4, 0.5) is 0 Å². The first kappa shape index (κ1) is 17.8. The molecule has 2 aliphatic carbocycles. The first-order chi connectivity index (χ1) is 13.2. The molecule has 0 aliphatic heterocycles. The van der Waals surface area contributed by atoms with Gasteiger partial charge in [-0.3, -0.25) is 9.59 Å². The molecule has 1 heterocycles. The number of aromatic nitrogens is 1. The molecule has 0 radical (unpaired) electrons. The molecule has 1 N–H and O–H groups in total. The number of rotatable bonds is 8. The summed E-state index contributed by atoms with van der Waals surface area (Å²) in [5, 5.41) is 2.90. The van der Waals surface area contributed by atoms with E-state index in [4.69, 9.17) is 4.42 Å². The average molecular weight is 367 g/mol. The van der Waals surface area contributed by atoms with E-state index in [-0.39, 0.29) is 35.5 Å². The summed E-state index contributed by atoms with van der Waals surface area (Å²) in [5.74, 6) is 0.152. The van der Waals surface area contributed by atoms with Crippen LogP contribution in [-0.2, 0) is 11.3 Å². The van der Waals surface area contributed by atoms with Gasteiger partial charge in [0, 0.05) is 12.1 Å². The number of hydrogen-bond donors (Lipinski definition) is 1. The maximum absolute atomic E-state index is 13.2. The molecule has 6 heteroatoms. The number of carbonyl (C=O) groups is 2. The zero-order valence-corrected chi connectivity index (χ0v) is 15.6. The lowest BCUT2D eigenvalue weighted by atomic mass is 9.95. The summed E-state index contributed by atoms with van der Waals surface area (Å²) in [7, 11) is 0. The minimum Gasteiger partial charge on any atom is -0.446 e. The summed E-state index contributed by atoms with van der Waals surface area (Å²) in [6.45, 7) is 2.34. The van der Waals surface area contributed by atoms with Crippen LogP contribution in [0.2, 0.25) is 0 Å². The van der Waals surface area contributed by atoms with Crippen LogP contribution in [0.3, 0.4) is 0 Å². The van der Waals surface area contributed by atoms with Crippen LogP contribution in [0.1, 0.15) is 66.9 Å². The van der Waals surface area contributed by atoms with Crippen molar-refractivity contribution in [3.63, 3.8) is 0 Å². The fraction of sp³-hybridized carbons (Fsp3) is 0.476. The van der Waals surface area contributed by atoms with Crippen molar-refractivity contribution in [2.24, 2.45) is 0 Å². The minimum absolute atomic E-state index is 0.105. The van der Waals surface area contributed by atoms with Crippen LogP contribution in [0.25, 0.3) is 0 Å². The van der Waals surface area contributed by atoms with E-state index in [0.717, 1.165) is 37.7 Å². The topological polar surface area (TPSA) is 75.4 Å². The van der Waals surface area contributed by atoms with Crippen molar-refractivity contribution in [2.75, 3.05) is 0 Å². The third kappa shape index (κ3) is 4.21. The Morgan fingerprint density at radius 1 is 1.22 bits per heavy atom. The summed E-state index contributed by atoms with van der Waals surface area (Å²) in [5.41, 5.74) is 1.32. The number of carbonyl (C=O) groups excluding carboxylic acids is 2. The van der Waals surface area contributed by atoms with Crippen molar-refractivity contribution in [1.82, 2.24) is 15.2 Å². The van der Waals surface area contributed by atoms with Gasteiger partial charge in [0.15, 0.2) is 5.69 Å². The molecule has 4 rings (SSSR count). The lowest BCUT2D eigenvalue weighted by Gasteiger charge is -2.26. The van der Waals surface area contributed by atoms with Crippen molar-refractivity contribution >= 4 is 11.8 Å². The number of nitrogens with zero attached hydrogens (tertiary/aromatic N) is 2. The normalized spacial score (nSPS) is 17.4. The quantitative estimate of drug-likeness (QED) is 0.777. The highest BCUT2D eigenvalue weighted by molar-refractivity contribution is 5.92. The maximum Gasteiger partial charge on any atom is 0.273 e. The van der Waals surface area contributed by atoms with Crippen LogP contribution in [0, 0.1) is 0 Å². The molecule has 2 fully saturated rings. The van der Waals surface area contributed by atoms with E-state index in [0.29, 0.717) is 12.4 Å². The van der Waals surface area contributed by atoms with Crippen LogP contribution < -0.4 is 5.32 Å². The lowest BCUT2D eigenvalue weighted by molar-refractivity contribution is -0.134. The van der Waals surface area contributed by atoms with E-state index in [1.54, 1.807) is 0 Å². The Kier molecular flexibility index (Phi) is 4.97. The van der Waals surface area contributed by atoms with E-state index >= 15 is 0 Å². The molecule has 1 atom stereocenters. The van der Waals surface area contributed by atoms with Gasteiger partial charge in [-0.2, -0.15) is 0 Å². The van der Waals surface area contributed by atoms with Gasteiger partial charge < -0.3 is 14.6 Å². The zero-order valence-electron chi connectivity index (χ0n) is 15.6. The summed E-state index contributed by atoms with van der Waals surface area (Å²) in [4.78, 5) is 31.5. The maximum atomic E-state index is 13.2. The molecule has 6 nitrogen and oxygen atoms in total. The summed E-state index contributed by atoms with van der Waals surface area (Å²) in [6, 6.07) is 10.4. The molecule has 2 aliphatic rings. The summed E-state index contributed by atoms with van der Waals surface area (Å²) >= 11 is 0. The predicted octanol–water partition coefficient (Wildman–Crippen LogP) is 3.25. The minimum atomic E-state index is -0.201. The van der Waals surface area contributed by atoms with Gasteiger partial charge >= 0.3 is 0 Å². The second kappa shape index (κ2) is 7.55. The SMILES string of the molecule is CCC(C(=O)N(Cc1nc(C(=O)NC2CC2)co1)C1CC1)c1ccccc1. The van der Waals surface area contributed by atoms with Gasteiger partial charge in [-0.05, 0) is 37.7 Å². The largest absolute Gasteiger partial charge is 0.446 e. The Morgan fingerprint density at radius 3 is 2.59 bits per heavy atom. The Morgan fingerprint density at radius 2 is 1.96 bits per heavy atom. The molecule has 2 saturated carbocycles. The van der Waals surface area contributed by atoms with Gasteiger partial charge in [0.25, 0.3) is 5.91 Å². The monoisotopic (exact) mass is 367 g/mol. The zero-order chi connectivity index (χ0) is 18.8. The third-order valence-electron chi connectivity index (χ3n) is 5.18. The molecular formula is C21H25N3O3. The molecule has 2 aromatic rings. The molecule has 0 spiro atoms. The van der Waals surface area contributed by atoms with Gasteiger partial charge in [-0.25, -0.2) is 4.98 Å². The van der Waals surface area contributed by atoms with Crippen LogP contribution >= 0.6 is 0 Å². The van der Waals surface area contributed by atoms with Gasteiger partial charge in [0.05, 0.1) is 12.5 Å². The molecule has 1 aromatic carbocycles. The highest BCUT2D eigenvalue weighted by Gasteiger charge is 2.37. The Bertz CT molecular complexity index is 809. The summed E-state index contributed by atoms with van der Waals surface area (Å²) in [6.07, 6.45) is 6.19. The molecule has 1 unspecified atom stereocenters. The second-order valence-electron chi connectivity index (χ2n) is 7.44. The number of benzene rings is 1. The summed E-state index contributed by atoms with van der Waals surface area (Å²) < 4.78 is 5.50. The van der Waals surface area contributed by atoms with Gasteiger partial charge in [0.1, 0.15) is 6.26 Å². The van der Waals surface area contributed by atoms with Crippen molar-refractivity contribution < 1.29 is 14.0 Å². The standard InChI is InChI=1S/C21H25N3O3/c1-2-17(14-6-4-3-5-7-14)21(26)24(16-10-11-16)12-19-23-18(13-27-19)20(25)22-15-8-9-15/h3-7,13,15-17H,2,8-12H2,1H3,(H,22,25). The van der Waals surface area contributed by atoms with Crippen molar-refractivity contribution in [3.8, 4) is 0 Å². The van der Waals surface area contributed by atoms with Crippen molar-refractivity contribution in [3.05, 3.63) is 53.7 Å². The Labute approximate surface area is 159 Å². The second-order valence-corrected chi connectivity index (χ2v) is 7.44. The van der Waals surface area contributed by atoms with Gasteiger partial charge in [-0.15, -0.1) is 0 Å². The van der Waals surface area contributed by atoms with Crippen molar-refractivity contribution in [2.45, 2.75) is 63.6 Å². The van der Waals surface area contributed by atoms with Crippen molar-refractivity contribution in [1.29, 1.82) is 0 Å². The highest BCUT2D eigenvalue weighted by atomic mass is 16.3. The Hall–Kier alpha value is -2.63. The number of oxazole rings is 1. The van der Waals surface area contributed by atoms with Gasteiger partial charge in [0.2, 0.25) is 11.8 Å². The lowest BCUT2D eigenvalue weighted by Crippen LogP contribution is -2.36. The number of hydrogen-bond acceptors (Lipinski definition) is 4. The first-order valence-corrected chi connectivity index (χ1v) is 9.76. The molecular weight excluding hydrogens is 342 g/mol. The molecule has 1 aromatic heterocycles. The smallest absolute Gasteiger partial charge is 0.273 e. The molecule has 0 bridgehead atoms. The fourth-order valence-electron chi connectivity index (χ4n) is 3.33. The van der Waals surface area contributed by atoms with E-state index in [1.807, 2.05) is 42.2 Å². The van der Waals surface area contributed by atoms with Gasteiger partial charge in [-0.1, -0.05) is 37.3 Å². The van der Waals surface area contributed by atoms with E-state index in [9.17, 15) is 9.59 Å². The molecule has 27 heavy (non-hydrogen) atoms. The van der Waals surface area contributed by atoms with E-state index in [2.05, 4.69) is 10.3 Å². The van der Waals surface area contributed by atoms with E-state index < -0.39 is 0 Å². The average Bonchev–Trinajstić information content (AvgIpc) is 3.61. The molecule has 142 valence electrons. The van der Waals surface area contributed by atoms with Crippen LogP contribution in [0.15, 0.2) is 41.0 Å². The Balaban J connectivity index is 1.47. The fourth-order valence-corrected chi connectivity index (χ4v) is 3.33. The molecule has 0 saturated heterocycles.